The summed E-state index contributed by atoms with van der Waals surface area (Å²) in [7, 11) is 3.19. The number of ether oxygens (including phenoxy) is 1. The lowest BCUT2D eigenvalue weighted by molar-refractivity contribution is -0.140. The number of benzene rings is 2. The van der Waals surface area contributed by atoms with E-state index in [-0.39, 0.29) is 24.9 Å². The van der Waals surface area contributed by atoms with Crippen molar-refractivity contribution >= 4 is 39.9 Å². The summed E-state index contributed by atoms with van der Waals surface area (Å²) in [5, 5.41) is 8.76. The molecule has 1 saturated carbocycles. The summed E-state index contributed by atoms with van der Waals surface area (Å²) in [5.74, 6) is -0.663. The van der Waals surface area contributed by atoms with Crippen molar-refractivity contribution in [3.8, 4) is 0 Å². The molecule has 1 aromatic heterocycles. The third-order valence-corrected chi connectivity index (χ3v) is 8.43. The van der Waals surface area contributed by atoms with Crippen LogP contribution in [0.5, 0.6) is 0 Å². The minimum Gasteiger partial charge on any atom is -0.760 e. The van der Waals surface area contributed by atoms with E-state index >= 15 is 0 Å². The van der Waals surface area contributed by atoms with Gasteiger partial charge in [-0.3, -0.25) is 9.00 Å². The van der Waals surface area contributed by atoms with E-state index < -0.39 is 16.8 Å². The first-order valence-corrected chi connectivity index (χ1v) is 13.1. The largest absolute Gasteiger partial charge is 0.760 e. The number of hydrogen-bond donors (Lipinski definition) is 0. The average Bonchev–Trinajstić information content (AvgIpc) is 3.22. The van der Waals surface area contributed by atoms with Gasteiger partial charge in [-0.15, -0.1) is 5.10 Å². The molecule has 0 radical (unpaired) electrons. The number of rotatable bonds is 8. The van der Waals surface area contributed by atoms with E-state index in [1.54, 1.807) is 10.7 Å². The highest BCUT2D eigenvalue weighted by Crippen LogP contribution is 2.37. The third kappa shape index (κ3) is 5.58. The number of fused-ring (bicyclic) bond motifs is 1. The molecule has 1 aliphatic rings. The summed E-state index contributed by atoms with van der Waals surface area (Å²) in [4.78, 5) is 12.3. The Hall–Kier alpha value is -2.33. The molecule has 10 heteroatoms. The molecule has 0 aliphatic heterocycles. The Balaban J connectivity index is 1.71. The van der Waals surface area contributed by atoms with Crippen molar-refractivity contribution in [2.24, 2.45) is 7.05 Å². The van der Waals surface area contributed by atoms with E-state index in [1.165, 1.54) is 11.4 Å². The van der Waals surface area contributed by atoms with Gasteiger partial charge in [0.05, 0.1) is 19.0 Å². The zero-order valence-electron chi connectivity index (χ0n) is 20.2. The molecule has 3 aromatic rings. The number of carbonyl (C=O) groups is 1. The third-order valence-electron chi connectivity index (χ3n) is 7.13. The van der Waals surface area contributed by atoms with Crippen molar-refractivity contribution in [2.75, 3.05) is 7.11 Å². The summed E-state index contributed by atoms with van der Waals surface area (Å²) in [5.41, 5.74) is 3.62. The maximum atomic E-state index is 12.3. The van der Waals surface area contributed by atoms with Crippen LogP contribution in [-0.4, -0.2) is 46.7 Å². The molecule has 1 fully saturated rings. The van der Waals surface area contributed by atoms with Gasteiger partial charge in [0, 0.05) is 41.3 Å². The van der Waals surface area contributed by atoms with Gasteiger partial charge in [-0.2, -0.15) is 0 Å². The Morgan fingerprint density at radius 1 is 1.23 bits per heavy atom. The molecule has 1 heterocycles. The van der Waals surface area contributed by atoms with Crippen LogP contribution in [0.4, 0.5) is 0 Å². The predicted molar refractivity (Wildman–Crippen MR) is 134 cm³/mol. The van der Waals surface area contributed by atoms with Crippen LogP contribution in [0.25, 0.3) is 11.0 Å². The molecule has 8 nitrogen and oxygen atoms in total. The minimum atomic E-state index is -2.39. The SMILES string of the molecule is COC(=O)CC(c1ccc(Cl)c(CN(S(=O)[O-])C2(C)CCCCC2)c1)c1ccc2c(c1)nnn2C. The first kappa shape index (κ1) is 25.8. The van der Waals surface area contributed by atoms with E-state index in [0.29, 0.717) is 10.6 Å². The zero-order valence-corrected chi connectivity index (χ0v) is 21.8. The molecule has 2 atom stereocenters. The van der Waals surface area contributed by atoms with Crippen molar-refractivity contribution in [1.29, 1.82) is 0 Å². The number of aryl methyl sites for hydroxylation is 1. The molecule has 0 bridgehead atoms. The zero-order chi connectivity index (χ0) is 25.2. The molecule has 0 N–H and O–H groups in total. The molecule has 0 spiro atoms. The van der Waals surface area contributed by atoms with Crippen LogP contribution in [0.1, 0.15) is 68.1 Å². The fraction of sp³-hybridized carbons (Fsp3) is 0.480. The molecule has 0 amide bonds. The Labute approximate surface area is 213 Å². The van der Waals surface area contributed by atoms with E-state index in [4.69, 9.17) is 16.3 Å². The molecule has 188 valence electrons. The summed E-state index contributed by atoms with van der Waals surface area (Å²) in [6, 6.07) is 11.4. The molecule has 4 rings (SSSR count). The van der Waals surface area contributed by atoms with E-state index in [0.717, 1.165) is 54.3 Å². The van der Waals surface area contributed by atoms with Crippen molar-refractivity contribution in [3.63, 3.8) is 0 Å². The summed E-state index contributed by atoms with van der Waals surface area (Å²) in [6.07, 6.45) is 4.89. The Bertz CT molecular complexity index is 1240. The number of aromatic nitrogens is 3. The summed E-state index contributed by atoms with van der Waals surface area (Å²) < 4.78 is 32.7. The van der Waals surface area contributed by atoms with Crippen LogP contribution in [0.15, 0.2) is 36.4 Å². The Morgan fingerprint density at radius 3 is 2.60 bits per heavy atom. The highest BCUT2D eigenvalue weighted by atomic mass is 35.5. The van der Waals surface area contributed by atoms with Gasteiger partial charge in [-0.25, -0.2) is 8.99 Å². The summed E-state index contributed by atoms with van der Waals surface area (Å²) >= 11 is 4.16. The number of hydrogen-bond acceptors (Lipinski definition) is 6. The fourth-order valence-corrected chi connectivity index (χ4v) is 5.99. The minimum absolute atomic E-state index is 0.123. The smallest absolute Gasteiger partial charge is 0.306 e. The van der Waals surface area contributed by atoms with Gasteiger partial charge in [0.15, 0.2) is 0 Å². The number of halogens is 1. The van der Waals surface area contributed by atoms with Crippen LogP contribution in [0, 0.1) is 0 Å². The van der Waals surface area contributed by atoms with Gasteiger partial charge in [0.1, 0.15) is 5.52 Å². The second kappa shape index (κ2) is 10.7. The maximum Gasteiger partial charge on any atom is 0.306 e. The van der Waals surface area contributed by atoms with Crippen LogP contribution in [-0.2, 0) is 34.4 Å². The quantitative estimate of drug-likeness (QED) is 0.319. The van der Waals surface area contributed by atoms with E-state index in [1.807, 2.05) is 44.3 Å². The monoisotopic (exact) mass is 517 g/mol. The number of nitrogens with zero attached hydrogens (tertiary/aromatic N) is 4. The van der Waals surface area contributed by atoms with E-state index in [9.17, 15) is 13.6 Å². The first-order chi connectivity index (χ1) is 16.7. The molecule has 2 aromatic carbocycles. The topological polar surface area (TPSA) is 100 Å². The molecule has 2 unspecified atom stereocenters. The molecular weight excluding hydrogens is 488 g/mol. The standard InChI is InChI=1S/C25H31ClN4O4S/c1-25(11-5-4-6-12-25)30(35(32)33)16-19-13-17(7-9-21(19)26)20(15-24(31)34-3)18-8-10-23-22(14-18)27-28-29(23)2/h7-10,13-14,20H,4-6,11-12,15-16H2,1-3H3,(H,32,33)/p-1. The lowest BCUT2D eigenvalue weighted by atomic mass is 9.83. The maximum absolute atomic E-state index is 12.3. The van der Waals surface area contributed by atoms with Gasteiger partial charge < -0.3 is 9.29 Å². The Morgan fingerprint density at radius 2 is 1.91 bits per heavy atom. The fourth-order valence-electron chi connectivity index (χ4n) is 5.03. The highest BCUT2D eigenvalue weighted by Gasteiger charge is 2.35. The molecule has 1 aliphatic carbocycles. The van der Waals surface area contributed by atoms with Crippen LogP contribution in [0.2, 0.25) is 5.02 Å². The second-order valence-electron chi connectivity index (χ2n) is 9.46. The Kier molecular flexibility index (Phi) is 7.90. The number of methoxy groups -OCH3 is 1. The molecule has 0 saturated heterocycles. The highest BCUT2D eigenvalue weighted by molar-refractivity contribution is 7.76. The average molecular weight is 518 g/mol. The van der Waals surface area contributed by atoms with Gasteiger partial charge in [-0.1, -0.05) is 54.3 Å². The lowest BCUT2D eigenvalue weighted by Gasteiger charge is -2.44. The van der Waals surface area contributed by atoms with Crippen molar-refractivity contribution < 1.29 is 18.3 Å². The summed E-state index contributed by atoms with van der Waals surface area (Å²) in [6.45, 7) is 2.18. The van der Waals surface area contributed by atoms with Crippen molar-refractivity contribution in [1.82, 2.24) is 19.3 Å². The number of carbonyl (C=O) groups excluding carboxylic acids is 1. The van der Waals surface area contributed by atoms with Crippen LogP contribution < -0.4 is 0 Å². The van der Waals surface area contributed by atoms with Gasteiger partial charge in [0.2, 0.25) is 0 Å². The number of esters is 1. The van der Waals surface area contributed by atoms with Gasteiger partial charge in [-0.05, 0) is 54.7 Å². The lowest BCUT2D eigenvalue weighted by Crippen LogP contribution is -2.48. The second-order valence-corrected chi connectivity index (χ2v) is 10.7. The van der Waals surface area contributed by atoms with Crippen molar-refractivity contribution in [3.05, 3.63) is 58.1 Å². The first-order valence-electron chi connectivity index (χ1n) is 11.7. The van der Waals surface area contributed by atoms with Crippen molar-refractivity contribution in [2.45, 2.75) is 63.5 Å². The van der Waals surface area contributed by atoms with Crippen LogP contribution >= 0.6 is 11.6 Å². The predicted octanol–water partition coefficient (Wildman–Crippen LogP) is 4.64. The van der Waals surface area contributed by atoms with Crippen LogP contribution in [0.3, 0.4) is 0 Å². The normalized spacial score (nSPS) is 17.4. The van der Waals surface area contributed by atoms with E-state index in [2.05, 4.69) is 10.3 Å². The molecular formula is C25H30ClN4O4S-. The molecule has 35 heavy (non-hydrogen) atoms. The van der Waals surface area contributed by atoms with Gasteiger partial charge in [0.25, 0.3) is 0 Å². The van der Waals surface area contributed by atoms with Gasteiger partial charge >= 0.3 is 5.97 Å².